The lowest BCUT2D eigenvalue weighted by Crippen LogP contribution is -2.42. The van der Waals surface area contributed by atoms with Crippen LogP contribution < -0.4 is 5.32 Å². The zero-order chi connectivity index (χ0) is 9.45. The Morgan fingerprint density at radius 1 is 1.33 bits per heavy atom. The summed E-state index contributed by atoms with van der Waals surface area (Å²) in [6.45, 7) is 10.3. The van der Waals surface area contributed by atoms with Crippen LogP contribution in [-0.2, 0) is 0 Å². The van der Waals surface area contributed by atoms with Crippen LogP contribution in [0.15, 0.2) is 25.3 Å². The van der Waals surface area contributed by atoms with E-state index in [1.165, 1.54) is 0 Å². The Bertz CT molecular complexity index is 133. The van der Waals surface area contributed by atoms with Crippen molar-refractivity contribution in [3.63, 3.8) is 0 Å². The lowest BCUT2D eigenvalue weighted by molar-refractivity contribution is 0.260. The molecule has 0 aliphatic carbocycles. The van der Waals surface area contributed by atoms with Crippen molar-refractivity contribution in [3.8, 4) is 0 Å². The van der Waals surface area contributed by atoms with E-state index in [1.54, 1.807) is 0 Å². The number of aliphatic hydroxyl groups is 1. The lowest BCUT2D eigenvalue weighted by Gasteiger charge is -2.28. The molecule has 0 bridgehead atoms. The Hall–Kier alpha value is -0.600. The van der Waals surface area contributed by atoms with E-state index in [2.05, 4.69) is 25.4 Å². The monoisotopic (exact) mass is 169 g/mol. The van der Waals surface area contributed by atoms with E-state index in [4.69, 9.17) is 5.11 Å². The molecule has 0 aromatic heterocycles. The van der Waals surface area contributed by atoms with E-state index < -0.39 is 0 Å². The van der Waals surface area contributed by atoms with E-state index in [1.807, 2.05) is 12.2 Å². The second-order valence-electron chi connectivity index (χ2n) is 3.20. The van der Waals surface area contributed by atoms with Crippen LogP contribution in [0.2, 0.25) is 0 Å². The predicted octanol–water partition coefficient (Wildman–Crippen LogP) is 1.48. The van der Waals surface area contributed by atoms with E-state index >= 15 is 0 Å². The maximum absolute atomic E-state index is 8.65. The number of β-amino-alcohol motifs (C(OH)–C–C–N with tert-alkyl or cyclic N) is 1. The molecule has 0 aliphatic heterocycles. The molecule has 0 heterocycles. The quantitative estimate of drug-likeness (QED) is 0.566. The highest BCUT2D eigenvalue weighted by Gasteiger charge is 2.18. The Labute approximate surface area is 75.0 Å². The molecule has 0 aromatic carbocycles. The minimum atomic E-state index is 0.00618. The van der Waals surface area contributed by atoms with Gasteiger partial charge in [-0.15, -0.1) is 13.2 Å². The van der Waals surface area contributed by atoms with Crippen LogP contribution in [0.4, 0.5) is 0 Å². The minimum Gasteiger partial charge on any atom is -0.395 e. The maximum atomic E-state index is 8.65. The smallest absolute Gasteiger partial charge is 0.0556 e. The molecule has 12 heavy (non-hydrogen) atoms. The largest absolute Gasteiger partial charge is 0.395 e. The number of aliphatic hydroxyl groups excluding tert-OH is 1. The van der Waals surface area contributed by atoms with Crippen LogP contribution in [0.5, 0.6) is 0 Å². The lowest BCUT2D eigenvalue weighted by atomic mass is 9.93. The summed E-state index contributed by atoms with van der Waals surface area (Å²) in [4.78, 5) is 0. The van der Waals surface area contributed by atoms with Gasteiger partial charge < -0.3 is 10.4 Å². The molecule has 2 nitrogen and oxygen atoms in total. The first-order valence-corrected chi connectivity index (χ1v) is 4.26. The summed E-state index contributed by atoms with van der Waals surface area (Å²) < 4.78 is 0. The van der Waals surface area contributed by atoms with Crippen LogP contribution in [0, 0.1) is 0 Å². The van der Waals surface area contributed by atoms with E-state index in [-0.39, 0.29) is 12.1 Å². The Morgan fingerprint density at radius 2 is 1.83 bits per heavy atom. The highest BCUT2D eigenvalue weighted by Crippen LogP contribution is 2.14. The third-order valence-electron chi connectivity index (χ3n) is 1.85. The summed E-state index contributed by atoms with van der Waals surface area (Å²) in [5, 5.41) is 11.9. The van der Waals surface area contributed by atoms with Crippen LogP contribution in [0.25, 0.3) is 0 Å². The number of nitrogens with one attached hydrogen (secondary N) is 1. The van der Waals surface area contributed by atoms with Crippen molar-refractivity contribution in [2.45, 2.75) is 25.3 Å². The van der Waals surface area contributed by atoms with Gasteiger partial charge in [-0.3, -0.25) is 0 Å². The summed E-state index contributed by atoms with van der Waals surface area (Å²) in [7, 11) is 0. The van der Waals surface area contributed by atoms with Gasteiger partial charge in [0.25, 0.3) is 0 Å². The van der Waals surface area contributed by atoms with Gasteiger partial charge in [-0.1, -0.05) is 12.2 Å². The molecule has 2 heteroatoms. The van der Waals surface area contributed by atoms with Crippen molar-refractivity contribution < 1.29 is 5.11 Å². The minimum absolute atomic E-state index is 0.00618. The number of hydrogen-bond donors (Lipinski definition) is 2. The standard InChI is InChI=1S/C10H19NO/c1-4-6-10(3,7-5-2)11-8-9-12/h4-5,11-12H,1-2,6-9H2,3H3. The maximum Gasteiger partial charge on any atom is 0.0556 e. The van der Waals surface area contributed by atoms with E-state index in [0.717, 1.165) is 12.8 Å². The Kier molecular flexibility index (Phi) is 5.68. The second kappa shape index (κ2) is 5.98. The summed E-state index contributed by atoms with van der Waals surface area (Å²) in [5.74, 6) is 0. The van der Waals surface area contributed by atoms with E-state index in [9.17, 15) is 0 Å². The molecule has 0 saturated carbocycles. The first-order valence-electron chi connectivity index (χ1n) is 4.26. The van der Waals surface area contributed by atoms with Gasteiger partial charge in [-0.25, -0.2) is 0 Å². The van der Waals surface area contributed by atoms with Crippen molar-refractivity contribution in [1.82, 2.24) is 5.32 Å². The second-order valence-corrected chi connectivity index (χ2v) is 3.20. The fraction of sp³-hybridized carbons (Fsp3) is 0.600. The zero-order valence-corrected chi connectivity index (χ0v) is 7.84. The summed E-state index contributed by atoms with van der Waals surface area (Å²) in [6, 6.07) is 0. The van der Waals surface area contributed by atoms with Gasteiger partial charge >= 0.3 is 0 Å². The van der Waals surface area contributed by atoms with Gasteiger partial charge in [-0.05, 0) is 19.8 Å². The molecule has 0 unspecified atom stereocenters. The van der Waals surface area contributed by atoms with Crippen LogP contribution in [0.3, 0.4) is 0 Å². The number of rotatable bonds is 7. The van der Waals surface area contributed by atoms with Gasteiger partial charge in [0.1, 0.15) is 0 Å². The molecule has 0 amide bonds. The predicted molar refractivity (Wildman–Crippen MR) is 53.1 cm³/mol. The van der Waals surface area contributed by atoms with Crippen LogP contribution >= 0.6 is 0 Å². The van der Waals surface area contributed by atoms with Crippen LogP contribution in [-0.4, -0.2) is 23.8 Å². The molecule has 0 atom stereocenters. The van der Waals surface area contributed by atoms with Crippen molar-refractivity contribution in [2.24, 2.45) is 0 Å². The summed E-state index contributed by atoms with van der Waals surface area (Å²) in [5.41, 5.74) is 0.00618. The fourth-order valence-corrected chi connectivity index (χ4v) is 1.22. The molecule has 0 radical (unpaired) electrons. The van der Waals surface area contributed by atoms with Crippen molar-refractivity contribution in [1.29, 1.82) is 0 Å². The molecule has 2 N–H and O–H groups in total. The number of hydrogen-bond acceptors (Lipinski definition) is 2. The van der Waals surface area contributed by atoms with Gasteiger partial charge in [0.2, 0.25) is 0 Å². The summed E-state index contributed by atoms with van der Waals surface area (Å²) in [6.07, 6.45) is 5.54. The third kappa shape index (κ3) is 4.31. The SMILES string of the molecule is C=CCC(C)(CC=C)NCCO. The highest BCUT2D eigenvalue weighted by molar-refractivity contribution is 4.94. The molecule has 0 saturated heterocycles. The van der Waals surface area contributed by atoms with E-state index in [0.29, 0.717) is 6.54 Å². The van der Waals surface area contributed by atoms with Gasteiger partial charge in [-0.2, -0.15) is 0 Å². The fourth-order valence-electron chi connectivity index (χ4n) is 1.22. The zero-order valence-electron chi connectivity index (χ0n) is 7.84. The summed E-state index contributed by atoms with van der Waals surface area (Å²) >= 11 is 0. The molecule has 0 fully saturated rings. The Morgan fingerprint density at radius 3 is 2.17 bits per heavy atom. The van der Waals surface area contributed by atoms with Crippen molar-refractivity contribution in [2.75, 3.05) is 13.2 Å². The van der Waals surface area contributed by atoms with Gasteiger partial charge in [0.05, 0.1) is 6.61 Å². The average molecular weight is 169 g/mol. The molecule has 0 aromatic rings. The first kappa shape index (κ1) is 11.4. The topological polar surface area (TPSA) is 32.3 Å². The molecule has 0 rings (SSSR count). The van der Waals surface area contributed by atoms with Crippen molar-refractivity contribution in [3.05, 3.63) is 25.3 Å². The molecular weight excluding hydrogens is 150 g/mol. The highest BCUT2D eigenvalue weighted by atomic mass is 16.3. The van der Waals surface area contributed by atoms with Crippen molar-refractivity contribution >= 4 is 0 Å². The molecular formula is C10H19NO. The van der Waals surface area contributed by atoms with Crippen LogP contribution in [0.1, 0.15) is 19.8 Å². The van der Waals surface area contributed by atoms with Gasteiger partial charge in [0, 0.05) is 12.1 Å². The average Bonchev–Trinajstić information content (AvgIpc) is 2.02. The molecule has 70 valence electrons. The molecule has 0 spiro atoms. The molecule has 0 aliphatic rings. The normalized spacial score (nSPS) is 11.2. The van der Waals surface area contributed by atoms with Gasteiger partial charge in [0.15, 0.2) is 0 Å². The third-order valence-corrected chi connectivity index (χ3v) is 1.85. The Balaban J connectivity index is 3.96. The first-order chi connectivity index (χ1) is 5.68.